The summed E-state index contributed by atoms with van der Waals surface area (Å²) in [6, 6.07) is 5.90. The Morgan fingerprint density at radius 1 is 1.38 bits per heavy atom. The molecule has 6 heteroatoms. The normalized spacial score (nSPS) is 21.1. The first-order chi connectivity index (χ1) is 11.5. The summed E-state index contributed by atoms with van der Waals surface area (Å²) in [7, 11) is 0. The second-order valence-corrected chi connectivity index (χ2v) is 6.72. The summed E-state index contributed by atoms with van der Waals surface area (Å²) in [5, 5.41) is 8.63. The maximum absolute atomic E-state index is 13.3. The summed E-state index contributed by atoms with van der Waals surface area (Å²) in [4.78, 5) is 16.7. The molecule has 0 radical (unpaired) electrons. The largest absolute Gasteiger partial charge is 0.334 e. The molecule has 1 aromatic carbocycles. The maximum Gasteiger partial charge on any atom is 0.256 e. The van der Waals surface area contributed by atoms with Gasteiger partial charge < -0.3 is 10.6 Å². The van der Waals surface area contributed by atoms with Gasteiger partial charge in [0.1, 0.15) is 0 Å². The average molecular weight is 327 g/mol. The Bertz CT molecular complexity index is 739. The summed E-state index contributed by atoms with van der Waals surface area (Å²) in [6.45, 7) is 7.29. The molecule has 3 rings (SSSR count). The van der Waals surface area contributed by atoms with Crippen LogP contribution in [0.2, 0.25) is 0 Å². The van der Waals surface area contributed by atoms with Gasteiger partial charge in [-0.2, -0.15) is 15.0 Å². The van der Waals surface area contributed by atoms with Crippen LogP contribution in [0.15, 0.2) is 24.4 Å². The van der Waals surface area contributed by atoms with Crippen molar-refractivity contribution in [2.24, 2.45) is 11.7 Å². The predicted molar refractivity (Wildman–Crippen MR) is 93.1 cm³/mol. The van der Waals surface area contributed by atoms with Crippen LogP contribution in [0.4, 0.5) is 0 Å². The van der Waals surface area contributed by atoms with E-state index in [1.54, 1.807) is 6.20 Å². The Morgan fingerprint density at radius 3 is 2.83 bits per heavy atom. The van der Waals surface area contributed by atoms with Crippen molar-refractivity contribution in [3.63, 3.8) is 0 Å². The fourth-order valence-electron chi connectivity index (χ4n) is 3.47. The van der Waals surface area contributed by atoms with Gasteiger partial charge in [0.05, 0.1) is 23.1 Å². The number of benzene rings is 1. The van der Waals surface area contributed by atoms with E-state index in [1.165, 1.54) is 4.80 Å². The summed E-state index contributed by atoms with van der Waals surface area (Å²) < 4.78 is 0. The molecule has 0 bridgehead atoms. The zero-order chi connectivity index (χ0) is 17.3. The quantitative estimate of drug-likeness (QED) is 0.936. The Morgan fingerprint density at radius 2 is 2.17 bits per heavy atom. The fraction of sp³-hybridized carbons (Fsp3) is 0.500. The van der Waals surface area contributed by atoms with Gasteiger partial charge in [-0.05, 0) is 44.7 Å². The Labute approximate surface area is 142 Å². The number of rotatable bonds is 3. The Kier molecular flexibility index (Phi) is 4.66. The molecule has 1 aliphatic rings. The second-order valence-electron chi connectivity index (χ2n) is 6.72. The molecule has 2 aromatic rings. The summed E-state index contributed by atoms with van der Waals surface area (Å²) in [5.41, 5.74) is 9.17. The third-order valence-electron chi connectivity index (χ3n) is 4.82. The van der Waals surface area contributed by atoms with Crippen LogP contribution in [-0.2, 0) is 0 Å². The minimum Gasteiger partial charge on any atom is -0.334 e. The van der Waals surface area contributed by atoms with Gasteiger partial charge in [0.15, 0.2) is 0 Å². The SMILES string of the molecule is Cc1ccc(-n2ncc(C)n2)c(C(=O)N2CCCC(C)C2CN)c1. The molecule has 0 spiro atoms. The van der Waals surface area contributed by atoms with Crippen LogP contribution >= 0.6 is 0 Å². The molecule has 24 heavy (non-hydrogen) atoms. The van der Waals surface area contributed by atoms with Gasteiger partial charge in [-0.1, -0.05) is 18.6 Å². The van der Waals surface area contributed by atoms with E-state index in [4.69, 9.17) is 5.73 Å². The smallest absolute Gasteiger partial charge is 0.256 e. The number of hydrogen-bond acceptors (Lipinski definition) is 4. The number of aryl methyl sites for hydroxylation is 2. The molecule has 128 valence electrons. The van der Waals surface area contributed by atoms with E-state index in [9.17, 15) is 4.79 Å². The van der Waals surface area contributed by atoms with Crippen LogP contribution in [0.25, 0.3) is 5.69 Å². The Hall–Kier alpha value is -2.21. The number of piperidine rings is 1. The molecule has 2 atom stereocenters. The van der Waals surface area contributed by atoms with Crippen molar-refractivity contribution < 1.29 is 4.79 Å². The first-order valence-electron chi connectivity index (χ1n) is 8.52. The number of amides is 1. The van der Waals surface area contributed by atoms with Gasteiger partial charge in [0.2, 0.25) is 0 Å². The number of likely N-dealkylation sites (tertiary alicyclic amines) is 1. The van der Waals surface area contributed by atoms with E-state index in [1.807, 2.05) is 36.9 Å². The highest BCUT2D eigenvalue weighted by Crippen LogP contribution is 2.26. The first kappa shape index (κ1) is 16.6. The number of nitrogens with two attached hydrogens (primary N) is 1. The first-order valence-corrected chi connectivity index (χ1v) is 8.52. The van der Waals surface area contributed by atoms with E-state index < -0.39 is 0 Å². The van der Waals surface area contributed by atoms with E-state index in [0.717, 1.165) is 30.6 Å². The zero-order valence-corrected chi connectivity index (χ0v) is 14.6. The lowest BCUT2D eigenvalue weighted by atomic mass is 9.90. The van der Waals surface area contributed by atoms with Crippen molar-refractivity contribution in [1.29, 1.82) is 0 Å². The molecular weight excluding hydrogens is 302 g/mol. The molecule has 1 saturated heterocycles. The molecule has 1 aromatic heterocycles. The second kappa shape index (κ2) is 6.73. The minimum absolute atomic E-state index is 0.0191. The number of nitrogens with zero attached hydrogens (tertiary/aromatic N) is 4. The summed E-state index contributed by atoms with van der Waals surface area (Å²) in [5.74, 6) is 0.441. The molecule has 1 aliphatic heterocycles. The van der Waals surface area contributed by atoms with Gasteiger partial charge in [-0.15, -0.1) is 0 Å². The number of hydrogen-bond donors (Lipinski definition) is 1. The third-order valence-corrected chi connectivity index (χ3v) is 4.82. The van der Waals surface area contributed by atoms with Crippen LogP contribution in [-0.4, -0.2) is 44.9 Å². The van der Waals surface area contributed by atoms with Crippen molar-refractivity contribution in [1.82, 2.24) is 19.9 Å². The van der Waals surface area contributed by atoms with E-state index >= 15 is 0 Å². The lowest BCUT2D eigenvalue weighted by Gasteiger charge is -2.39. The van der Waals surface area contributed by atoms with Crippen LogP contribution in [0.1, 0.15) is 41.4 Å². The van der Waals surface area contributed by atoms with Crippen LogP contribution in [0.3, 0.4) is 0 Å². The van der Waals surface area contributed by atoms with Crippen molar-refractivity contribution in [2.45, 2.75) is 39.7 Å². The molecule has 1 fully saturated rings. The highest BCUT2D eigenvalue weighted by Gasteiger charge is 2.32. The average Bonchev–Trinajstić information content (AvgIpc) is 3.00. The van der Waals surface area contributed by atoms with Gasteiger partial charge >= 0.3 is 0 Å². The zero-order valence-electron chi connectivity index (χ0n) is 14.6. The summed E-state index contributed by atoms with van der Waals surface area (Å²) in [6.07, 6.45) is 3.83. The van der Waals surface area contributed by atoms with Crippen LogP contribution < -0.4 is 5.73 Å². The molecule has 0 saturated carbocycles. The van der Waals surface area contributed by atoms with Crippen molar-refractivity contribution in [2.75, 3.05) is 13.1 Å². The maximum atomic E-state index is 13.3. The van der Waals surface area contributed by atoms with E-state index in [0.29, 0.717) is 23.7 Å². The van der Waals surface area contributed by atoms with Gasteiger partial charge in [-0.25, -0.2) is 0 Å². The predicted octanol–water partition coefficient (Wildman–Crippen LogP) is 2.08. The molecule has 1 amide bonds. The van der Waals surface area contributed by atoms with Crippen LogP contribution in [0, 0.1) is 19.8 Å². The molecule has 2 unspecified atom stereocenters. The van der Waals surface area contributed by atoms with Gasteiger partial charge in [0.25, 0.3) is 5.91 Å². The van der Waals surface area contributed by atoms with E-state index in [-0.39, 0.29) is 11.9 Å². The molecule has 2 N–H and O–H groups in total. The molecule has 0 aliphatic carbocycles. The third kappa shape index (κ3) is 3.06. The number of aromatic nitrogens is 3. The summed E-state index contributed by atoms with van der Waals surface area (Å²) >= 11 is 0. The lowest BCUT2D eigenvalue weighted by molar-refractivity contribution is 0.0532. The number of carbonyl (C=O) groups is 1. The van der Waals surface area contributed by atoms with E-state index in [2.05, 4.69) is 17.1 Å². The van der Waals surface area contributed by atoms with Crippen molar-refractivity contribution in [3.8, 4) is 5.69 Å². The van der Waals surface area contributed by atoms with Crippen molar-refractivity contribution in [3.05, 3.63) is 41.2 Å². The van der Waals surface area contributed by atoms with Crippen LogP contribution in [0.5, 0.6) is 0 Å². The monoisotopic (exact) mass is 327 g/mol. The fourth-order valence-corrected chi connectivity index (χ4v) is 3.47. The highest BCUT2D eigenvalue weighted by molar-refractivity contribution is 5.98. The van der Waals surface area contributed by atoms with Gasteiger partial charge in [0, 0.05) is 19.1 Å². The molecule has 2 heterocycles. The minimum atomic E-state index is 0.0191. The van der Waals surface area contributed by atoms with Gasteiger partial charge in [-0.3, -0.25) is 4.79 Å². The standard InChI is InChI=1S/C18H25N5O/c1-12-6-7-16(23-20-11-14(3)21-23)15(9-12)18(24)22-8-4-5-13(2)17(22)10-19/h6-7,9,11,13,17H,4-5,8,10,19H2,1-3H3. The topological polar surface area (TPSA) is 77.0 Å². The highest BCUT2D eigenvalue weighted by atomic mass is 16.2. The lowest BCUT2D eigenvalue weighted by Crippen LogP contribution is -2.51. The number of carbonyl (C=O) groups excluding carboxylic acids is 1. The Balaban J connectivity index is 2.01. The molecular formula is C18H25N5O. The molecule has 6 nitrogen and oxygen atoms in total. The van der Waals surface area contributed by atoms with Crippen molar-refractivity contribution >= 4 is 5.91 Å².